The molecule has 0 aliphatic heterocycles. The molecular weight excluding hydrogens is 166 g/mol. The van der Waals surface area contributed by atoms with Crippen molar-refractivity contribution in [1.29, 1.82) is 0 Å². The Morgan fingerprint density at radius 2 is 2.09 bits per heavy atom. The molecule has 0 saturated heterocycles. The number of ether oxygens (including phenoxy) is 2. The van der Waals surface area contributed by atoms with E-state index in [1.165, 1.54) is 7.11 Å². The number of aromatic nitrogens is 1. The minimum atomic E-state index is 0.312. The summed E-state index contributed by atoms with van der Waals surface area (Å²) >= 11 is 5.69. The first-order chi connectivity index (χ1) is 5.29. The van der Waals surface area contributed by atoms with Gasteiger partial charge in [0.1, 0.15) is 0 Å². The number of hydrogen-bond donors (Lipinski definition) is 0. The van der Waals surface area contributed by atoms with Gasteiger partial charge in [0, 0.05) is 12.3 Å². The van der Waals surface area contributed by atoms with Gasteiger partial charge in [0.2, 0.25) is 0 Å². The van der Waals surface area contributed by atoms with E-state index in [9.17, 15) is 0 Å². The summed E-state index contributed by atoms with van der Waals surface area (Å²) in [4.78, 5) is 3.82. The predicted octanol–water partition coefficient (Wildman–Crippen LogP) is 1.75. The molecule has 0 aliphatic rings. The zero-order valence-corrected chi connectivity index (χ0v) is 7.05. The lowest BCUT2D eigenvalue weighted by Crippen LogP contribution is -1.91. The number of rotatable bonds is 2. The van der Waals surface area contributed by atoms with Crippen LogP contribution in [0, 0.1) is 0 Å². The zero-order chi connectivity index (χ0) is 8.27. The van der Waals surface area contributed by atoms with Crippen LogP contribution in [0.25, 0.3) is 0 Å². The van der Waals surface area contributed by atoms with Gasteiger partial charge in [0.05, 0.1) is 14.2 Å². The lowest BCUT2D eigenvalue weighted by Gasteiger charge is -2.06. The summed E-state index contributed by atoms with van der Waals surface area (Å²) in [6, 6.07) is 1.69. The summed E-state index contributed by atoms with van der Waals surface area (Å²) < 4.78 is 9.92. The van der Waals surface area contributed by atoms with Crippen LogP contribution in [0.1, 0.15) is 0 Å². The molecule has 0 bridgehead atoms. The van der Waals surface area contributed by atoms with Gasteiger partial charge in [-0.1, -0.05) is 11.6 Å². The minimum Gasteiger partial charge on any atom is -0.493 e. The largest absolute Gasteiger partial charge is 0.493 e. The predicted molar refractivity (Wildman–Crippen MR) is 42.4 cm³/mol. The fraction of sp³-hybridized carbons (Fsp3) is 0.286. The number of halogens is 1. The molecule has 3 nitrogen and oxygen atoms in total. The first-order valence-corrected chi connectivity index (χ1v) is 3.40. The first-order valence-electron chi connectivity index (χ1n) is 3.02. The van der Waals surface area contributed by atoms with Crippen molar-refractivity contribution in [3.63, 3.8) is 0 Å². The van der Waals surface area contributed by atoms with Gasteiger partial charge < -0.3 is 9.47 Å². The Bertz CT molecular complexity index is 252. The highest BCUT2D eigenvalue weighted by Gasteiger charge is 2.07. The quantitative estimate of drug-likeness (QED) is 0.639. The third kappa shape index (κ3) is 1.54. The SMILES string of the molecule is COc1ccnc(Cl)c1OC. The van der Waals surface area contributed by atoms with Crippen molar-refractivity contribution in [1.82, 2.24) is 4.98 Å². The van der Waals surface area contributed by atoms with Crippen LogP contribution in [0.3, 0.4) is 0 Å². The van der Waals surface area contributed by atoms with Gasteiger partial charge in [0.15, 0.2) is 16.7 Å². The number of pyridine rings is 1. The Morgan fingerprint density at radius 1 is 1.36 bits per heavy atom. The highest BCUT2D eigenvalue weighted by atomic mass is 35.5. The van der Waals surface area contributed by atoms with Crippen molar-refractivity contribution in [3.8, 4) is 11.5 Å². The molecule has 1 rings (SSSR count). The second-order valence-electron chi connectivity index (χ2n) is 1.84. The molecular formula is C7H8ClNO2. The summed E-state index contributed by atoms with van der Waals surface area (Å²) in [6.07, 6.45) is 1.56. The Labute approximate surface area is 69.9 Å². The van der Waals surface area contributed by atoms with E-state index in [1.807, 2.05) is 0 Å². The van der Waals surface area contributed by atoms with E-state index in [0.717, 1.165) is 0 Å². The average Bonchev–Trinajstić information content (AvgIpc) is 2.04. The van der Waals surface area contributed by atoms with Crippen LogP contribution in [0.2, 0.25) is 5.15 Å². The summed E-state index contributed by atoms with van der Waals surface area (Å²) in [7, 11) is 3.07. The summed E-state index contributed by atoms with van der Waals surface area (Å²) in [5, 5.41) is 0.312. The first kappa shape index (κ1) is 8.14. The van der Waals surface area contributed by atoms with Crippen molar-refractivity contribution in [2.75, 3.05) is 14.2 Å². The van der Waals surface area contributed by atoms with E-state index in [1.54, 1.807) is 19.4 Å². The molecule has 1 heterocycles. The van der Waals surface area contributed by atoms with E-state index in [4.69, 9.17) is 21.1 Å². The zero-order valence-electron chi connectivity index (χ0n) is 6.30. The molecule has 60 valence electrons. The molecule has 0 amide bonds. The van der Waals surface area contributed by atoms with Crippen molar-refractivity contribution < 1.29 is 9.47 Å². The van der Waals surface area contributed by atoms with Gasteiger partial charge in [-0.15, -0.1) is 0 Å². The number of nitrogens with zero attached hydrogens (tertiary/aromatic N) is 1. The molecule has 0 spiro atoms. The van der Waals surface area contributed by atoms with Crippen LogP contribution in [-0.2, 0) is 0 Å². The maximum Gasteiger partial charge on any atom is 0.198 e. The highest BCUT2D eigenvalue weighted by Crippen LogP contribution is 2.31. The maximum atomic E-state index is 5.69. The molecule has 0 fully saturated rings. The van der Waals surface area contributed by atoms with Gasteiger partial charge >= 0.3 is 0 Å². The van der Waals surface area contributed by atoms with Crippen LogP contribution in [0.15, 0.2) is 12.3 Å². The Kier molecular flexibility index (Phi) is 2.54. The van der Waals surface area contributed by atoms with E-state index in [-0.39, 0.29) is 0 Å². The van der Waals surface area contributed by atoms with Crippen LogP contribution < -0.4 is 9.47 Å². The van der Waals surface area contributed by atoms with Crippen LogP contribution in [0.4, 0.5) is 0 Å². The van der Waals surface area contributed by atoms with Gasteiger partial charge in [-0.05, 0) is 0 Å². The fourth-order valence-corrected chi connectivity index (χ4v) is 0.979. The summed E-state index contributed by atoms with van der Waals surface area (Å²) in [5.74, 6) is 1.06. The Morgan fingerprint density at radius 3 is 2.55 bits per heavy atom. The van der Waals surface area contributed by atoms with Gasteiger partial charge in [0.25, 0.3) is 0 Å². The molecule has 0 saturated carbocycles. The topological polar surface area (TPSA) is 31.4 Å². The lowest BCUT2D eigenvalue weighted by molar-refractivity contribution is 0.353. The van der Waals surface area contributed by atoms with Crippen molar-refractivity contribution in [2.24, 2.45) is 0 Å². The fourth-order valence-electron chi connectivity index (χ4n) is 0.752. The summed E-state index contributed by atoms with van der Waals surface area (Å²) in [6.45, 7) is 0. The van der Waals surface area contributed by atoms with Gasteiger partial charge in [-0.3, -0.25) is 0 Å². The molecule has 0 N–H and O–H groups in total. The molecule has 0 atom stereocenters. The minimum absolute atomic E-state index is 0.312. The van der Waals surface area contributed by atoms with Crippen LogP contribution >= 0.6 is 11.6 Å². The highest BCUT2D eigenvalue weighted by molar-refractivity contribution is 6.31. The van der Waals surface area contributed by atoms with Crippen molar-refractivity contribution in [3.05, 3.63) is 17.4 Å². The van der Waals surface area contributed by atoms with E-state index < -0.39 is 0 Å². The third-order valence-corrected chi connectivity index (χ3v) is 1.52. The lowest BCUT2D eigenvalue weighted by atomic mass is 10.4. The third-order valence-electron chi connectivity index (χ3n) is 1.25. The van der Waals surface area contributed by atoms with Crippen LogP contribution in [0.5, 0.6) is 11.5 Å². The maximum absolute atomic E-state index is 5.69. The smallest absolute Gasteiger partial charge is 0.198 e. The molecule has 1 aromatic heterocycles. The van der Waals surface area contributed by atoms with Crippen molar-refractivity contribution >= 4 is 11.6 Å². The average molecular weight is 174 g/mol. The Hall–Kier alpha value is -0.960. The van der Waals surface area contributed by atoms with E-state index in [2.05, 4.69) is 4.98 Å². The van der Waals surface area contributed by atoms with Gasteiger partial charge in [-0.25, -0.2) is 4.98 Å². The molecule has 1 aromatic rings. The molecule has 0 aromatic carbocycles. The Balaban J connectivity index is 3.13. The normalized spacial score (nSPS) is 9.36. The molecule has 0 radical (unpaired) electrons. The van der Waals surface area contributed by atoms with Crippen molar-refractivity contribution in [2.45, 2.75) is 0 Å². The molecule has 0 aliphatic carbocycles. The van der Waals surface area contributed by atoms with Gasteiger partial charge in [-0.2, -0.15) is 0 Å². The van der Waals surface area contributed by atoms with E-state index in [0.29, 0.717) is 16.7 Å². The standard InChI is InChI=1S/C7H8ClNO2/c1-10-5-3-4-9-7(8)6(5)11-2/h3-4H,1-2H3. The van der Waals surface area contributed by atoms with E-state index >= 15 is 0 Å². The van der Waals surface area contributed by atoms with Crippen LogP contribution in [-0.4, -0.2) is 19.2 Å². The summed E-state index contributed by atoms with van der Waals surface area (Å²) in [5.41, 5.74) is 0. The molecule has 11 heavy (non-hydrogen) atoms. The molecule has 4 heteroatoms. The second-order valence-corrected chi connectivity index (χ2v) is 2.20. The number of hydrogen-bond acceptors (Lipinski definition) is 3. The molecule has 0 unspecified atom stereocenters. The number of methoxy groups -OCH3 is 2. The second kappa shape index (κ2) is 3.44. The monoisotopic (exact) mass is 173 g/mol.